The van der Waals surface area contributed by atoms with Gasteiger partial charge in [-0.3, -0.25) is 4.90 Å². The summed E-state index contributed by atoms with van der Waals surface area (Å²) in [5, 5.41) is 2.97. The number of thiazole rings is 1. The van der Waals surface area contributed by atoms with Crippen LogP contribution in [0.4, 0.5) is 13.2 Å². The van der Waals surface area contributed by atoms with Gasteiger partial charge in [-0.15, -0.1) is 11.3 Å². The van der Waals surface area contributed by atoms with Crippen molar-refractivity contribution in [2.24, 2.45) is 5.92 Å². The average molecular weight is 467 g/mol. The number of likely N-dealkylation sites (tertiary alicyclic amines) is 1. The van der Waals surface area contributed by atoms with Gasteiger partial charge in [0.15, 0.2) is 9.84 Å². The molecule has 1 aliphatic rings. The minimum absolute atomic E-state index is 0.118. The smallest absolute Gasteiger partial charge is 0.296 e. The zero-order valence-electron chi connectivity index (χ0n) is 16.5. The summed E-state index contributed by atoms with van der Waals surface area (Å²) in [5.41, 5.74) is 1.03. The van der Waals surface area contributed by atoms with Gasteiger partial charge in [-0.05, 0) is 37.1 Å². The lowest BCUT2D eigenvalue weighted by Gasteiger charge is -2.15. The van der Waals surface area contributed by atoms with Gasteiger partial charge < -0.3 is 0 Å². The molecule has 0 unspecified atom stereocenters. The lowest BCUT2D eigenvalue weighted by Crippen LogP contribution is -2.23. The van der Waals surface area contributed by atoms with E-state index in [0.29, 0.717) is 19.5 Å². The van der Waals surface area contributed by atoms with Crippen LogP contribution in [0.2, 0.25) is 0 Å². The second-order valence-electron chi connectivity index (χ2n) is 7.69. The van der Waals surface area contributed by atoms with Gasteiger partial charge in [0, 0.05) is 17.5 Å². The van der Waals surface area contributed by atoms with Gasteiger partial charge in [0.2, 0.25) is 0 Å². The van der Waals surface area contributed by atoms with Crippen molar-refractivity contribution in [2.75, 3.05) is 18.8 Å². The Labute approximate surface area is 183 Å². The molecule has 31 heavy (non-hydrogen) atoms. The van der Waals surface area contributed by atoms with Crippen LogP contribution in [-0.4, -0.2) is 37.1 Å². The van der Waals surface area contributed by atoms with Gasteiger partial charge in [0.05, 0.1) is 28.5 Å². The molecular formula is C22H21F3N2O2S2. The third-order valence-corrected chi connectivity index (χ3v) is 8.04. The van der Waals surface area contributed by atoms with E-state index in [2.05, 4.69) is 9.88 Å². The van der Waals surface area contributed by atoms with E-state index < -0.39 is 21.6 Å². The number of rotatable bonds is 6. The van der Waals surface area contributed by atoms with E-state index in [1.165, 1.54) is 6.07 Å². The molecule has 2 heterocycles. The highest BCUT2D eigenvalue weighted by atomic mass is 32.2. The fourth-order valence-corrected chi connectivity index (χ4v) is 6.30. The first-order valence-corrected chi connectivity index (χ1v) is 12.4. The molecule has 1 aliphatic heterocycles. The summed E-state index contributed by atoms with van der Waals surface area (Å²) < 4.78 is 64.2. The van der Waals surface area contributed by atoms with E-state index in [1.54, 1.807) is 11.3 Å². The predicted molar refractivity (Wildman–Crippen MR) is 114 cm³/mol. The van der Waals surface area contributed by atoms with E-state index in [9.17, 15) is 21.6 Å². The standard InChI is InChI=1S/C22H21F3N2O2S2/c23-22(24,25)18-7-4-8-19(11-18)31(28,29)15-16-9-10-27(12-16)13-21-26-20(14-30-21)17-5-2-1-3-6-17/h1-8,11,14,16H,9-10,12-13,15H2/t16-/m1/s1. The molecule has 1 fully saturated rings. The van der Waals surface area contributed by atoms with E-state index in [-0.39, 0.29) is 16.6 Å². The van der Waals surface area contributed by atoms with Gasteiger partial charge in [0.1, 0.15) is 5.01 Å². The van der Waals surface area contributed by atoms with Crippen LogP contribution in [0.3, 0.4) is 0 Å². The van der Waals surface area contributed by atoms with E-state index >= 15 is 0 Å². The van der Waals surface area contributed by atoms with Gasteiger partial charge >= 0.3 is 6.18 Å². The topological polar surface area (TPSA) is 50.3 Å². The SMILES string of the molecule is O=S(=O)(C[C@@H]1CCN(Cc2nc(-c3ccccc3)cs2)C1)c1cccc(C(F)(F)F)c1. The van der Waals surface area contributed by atoms with Gasteiger partial charge in [0.25, 0.3) is 0 Å². The molecule has 1 aromatic heterocycles. The molecular weight excluding hydrogens is 445 g/mol. The van der Waals surface area contributed by atoms with Crippen LogP contribution in [0.15, 0.2) is 64.9 Å². The summed E-state index contributed by atoms with van der Waals surface area (Å²) in [7, 11) is -3.79. The normalized spacial score (nSPS) is 17.8. The molecule has 2 aromatic carbocycles. The van der Waals surface area contributed by atoms with Gasteiger partial charge in [-0.2, -0.15) is 13.2 Å². The molecule has 164 valence electrons. The maximum absolute atomic E-state index is 12.9. The average Bonchev–Trinajstić information content (AvgIpc) is 3.38. The van der Waals surface area contributed by atoms with Crippen molar-refractivity contribution in [3.63, 3.8) is 0 Å². The molecule has 0 amide bonds. The molecule has 0 radical (unpaired) electrons. The zero-order chi connectivity index (χ0) is 22.1. The fourth-order valence-electron chi connectivity index (χ4n) is 3.78. The van der Waals surface area contributed by atoms with Crippen molar-refractivity contribution < 1.29 is 21.6 Å². The van der Waals surface area contributed by atoms with Crippen molar-refractivity contribution in [1.82, 2.24) is 9.88 Å². The summed E-state index contributed by atoms with van der Waals surface area (Å²) >= 11 is 1.57. The lowest BCUT2D eigenvalue weighted by molar-refractivity contribution is -0.137. The Kier molecular flexibility index (Phi) is 6.18. The van der Waals surface area contributed by atoms with Crippen LogP contribution in [0.1, 0.15) is 17.0 Å². The second-order valence-corrected chi connectivity index (χ2v) is 10.7. The van der Waals surface area contributed by atoms with Crippen LogP contribution >= 0.6 is 11.3 Å². The van der Waals surface area contributed by atoms with Gasteiger partial charge in [-0.25, -0.2) is 13.4 Å². The number of nitrogens with zero attached hydrogens (tertiary/aromatic N) is 2. The molecule has 0 spiro atoms. The van der Waals surface area contributed by atoms with Gasteiger partial charge in [-0.1, -0.05) is 36.4 Å². The monoisotopic (exact) mass is 466 g/mol. The van der Waals surface area contributed by atoms with E-state index in [1.807, 2.05) is 35.7 Å². The quantitative estimate of drug-likeness (QED) is 0.506. The van der Waals surface area contributed by atoms with Crippen molar-refractivity contribution in [2.45, 2.75) is 24.0 Å². The van der Waals surface area contributed by atoms with Crippen LogP contribution in [-0.2, 0) is 22.6 Å². The van der Waals surface area contributed by atoms with Crippen LogP contribution in [0, 0.1) is 5.92 Å². The first kappa shape index (κ1) is 22.0. The van der Waals surface area contributed by atoms with E-state index in [0.717, 1.165) is 41.0 Å². The number of alkyl halides is 3. The molecule has 1 atom stereocenters. The Morgan fingerprint density at radius 2 is 1.87 bits per heavy atom. The number of hydrogen-bond acceptors (Lipinski definition) is 5. The molecule has 4 rings (SSSR count). The summed E-state index contributed by atoms with van der Waals surface area (Å²) in [6.07, 6.45) is -3.88. The van der Waals surface area contributed by atoms with Crippen molar-refractivity contribution in [1.29, 1.82) is 0 Å². The highest BCUT2D eigenvalue weighted by molar-refractivity contribution is 7.91. The highest BCUT2D eigenvalue weighted by Crippen LogP contribution is 2.32. The Morgan fingerprint density at radius 1 is 1.10 bits per heavy atom. The number of aromatic nitrogens is 1. The number of hydrogen-bond donors (Lipinski definition) is 0. The molecule has 0 N–H and O–H groups in total. The first-order valence-electron chi connectivity index (χ1n) is 9.83. The third kappa shape index (κ3) is 5.34. The minimum Gasteiger partial charge on any atom is -0.296 e. The third-order valence-electron chi connectivity index (χ3n) is 5.33. The molecule has 0 bridgehead atoms. The van der Waals surface area contributed by atoms with Crippen LogP contribution in [0.5, 0.6) is 0 Å². The summed E-state index contributed by atoms with van der Waals surface area (Å²) in [4.78, 5) is 6.56. The molecule has 1 saturated heterocycles. The Bertz CT molecular complexity index is 1140. The molecule has 3 aromatic rings. The second kappa shape index (κ2) is 8.72. The largest absolute Gasteiger partial charge is 0.416 e. The Balaban J connectivity index is 1.38. The summed E-state index contributed by atoms with van der Waals surface area (Å²) in [6, 6.07) is 13.9. The number of halogens is 3. The number of benzene rings is 2. The Hall–Kier alpha value is -2.23. The zero-order valence-corrected chi connectivity index (χ0v) is 18.2. The Morgan fingerprint density at radius 3 is 2.61 bits per heavy atom. The van der Waals surface area contributed by atoms with Crippen molar-refractivity contribution in [3.05, 3.63) is 70.5 Å². The van der Waals surface area contributed by atoms with Crippen LogP contribution < -0.4 is 0 Å². The maximum atomic E-state index is 12.9. The minimum atomic E-state index is -4.57. The fraction of sp³-hybridized carbons (Fsp3) is 0.318. The number of sulfone groups is 1. The molecule has 9 heteroatoms. The van der Waals surface area contributed by atoms with Crippen LogP contribution in [0.25, 0.3) is 11.3 Å². The maximum Gasteiger partial charge on any atom is 0.416 e. The van der Waals surface area contributed by atoms with Crippen molar-refractivity contribution in [3.8, 4) is 11.3 Å². The molecule has 0 aliphatic carbocycles. The highest BCUT2D eigenvalue weighted by Gasteiger charge is 2.33. The lowest BCUT2D eigenvalue weighted by atomic mass is 10.2. The predicted octanol–water partition coefficient (Wildman–Crippen LogP) is 5.12. The summed E-state index contributed by atoms with van der Waals surface area (Å²) in [6.45, 7) is 1.96. The summed E-state index contributed by atoms with van der Waals surface area (Å²) in [5.74, 6) is -0.272. The molecule has 0 saturated carbocycles. The first-order chi connectivity index (χ1) is 14.7. The molecule has 4 nitrogen and oxygen atoms in total. The van der Waals surface area contributed by atoms with Crippen molar-refractivity contribution >= 4 is 21.2 Å². The van der Waals surface area contributed by atoms with E-state index in [4.69, 9.17) is 0 Å².